The lowest BCUT2D eigenvalue weighted by atomic mass is 10.0. The number of nitrogens with zero attached hydrogens (tertiary/aromatic N) is 3. The summed E-state index contributed by atoms with van der Waals surface area (Å²) in [6.45, 7) is 9.21. The largest absolute Gasteiger partial charge is 0.506 e. The topological polar surface area (TPSA) is 84.1 Å². The van der Waals surface area contributed by atoms with Crippen molar-refractivity contribution in [3.05, 3.63) is 81.6 Å². The van der Waals surface area contributed by atoms with E-state index in [1.54, 1.807) is 6.92 Å². The van der Waals surface area contributed by atoms with E-state index >= 15 is 0 Å². The van der Waals surface area contributed by atoms with Gasteiger partial charge in [0.2, 0.25) is 5.91 Å². The van der Waals surface area contributed by atoms with Crippen molar-refractivity contribution in [3.8, 4) is 0 Å². The first-order chi connectivity index (χ1) is 19.8. The van der Waals surface area contributed by atoms with Gasteiger partial charge in [-0.2, -0.15) is 0 Å². The van der Waals surface area contributed by atoms with Crippen molar-refractivity contribution >= 4 is 51.3 Å². The van der Waals surface area contributed by atoms with Crippen LogP contribution in [0.15, 0.2) is 69.9 Å². The Kier molecular flexibility index (Phi) is 8.68. The summed E-state index contributed by atoms with van der Waals surface area (Å²) in [5, 5.41) is 12.6. The highest BCUT2D eigenvalue weighted by Crippen LogP contribution is 2.41. The summed E-state index contributed by atoms with van der Waals surface area (Å²) in [5.74, 6) is -0.636. The molecule has 41 heavy (non-hydrogen) atoms. The van der Waals surface area contributed by atoms with Crippen LogP contribution in [0, 0.1) is 6.92 Å². The first kappa shape index (κ1) is 28.7. The Morgan fingerprint density at radius 3 is 2.63 bits per heavy atom. The van der Waals surface area contributed by atoms with Gasteiger partial charge in [0.1, 0.15) is 22.9 Å². The number of aliphatic imine (C=N–C) groups is 1. The molecule has 5 rings (SSSR count). The number of aliphatic hydroxyl groups excluding tert-OH is 1. The number of likely N-dealkylation sites (tertiary alicyclic amines) is 1. The van der Waals surface area contributed by atoms with E-state index in [2.05, 4.69) is 24.9 Å². The number of hydrogen-bond donors (Lipinski definition) is 1. The Morgan fingerprint density at radius 2 is 1.93 bits per heavy atom. The van der Waals surface area contributed by atoms with Crippen LogP contribution in [0.1, 0.15) is 56.7 Å². The summed E-state index contributed by atoms with van der Waals surface area (Å²) < 4.78 is 7.31. The minimum absolute atomic E-state index is 0.0657. The van der Waals surface area contributed by atoms with Crippen LogP contribution < -0.4 is 0 Å². The van der Waals surface area contributed by atoms with Crippen LogP contribution in [0.2, 0.25) is 0 Å². The molecular formula is C33H37N3O4S. The maximum atomic E-state index is 13.4. The number of fused-ring (bicyclic) bond motifs is 1. The number of carbonyl (C=O) groups excluding carboxylic acids is 2. The SMILES string of the molecule is CCOC(=O)C1=C(O)/C(=C/c2cn(CC(=O)N3CCCC[C@@H]3C)c3c(CC)cccc23)SC1=Nc1ccc(C)cc1. The highest BCUT2D eigenvalue weighted by molar-refractivity contribution is 8.18. The molecule has 0 radical (unpaired) electrons. The van der Waals surface area contributed by atoms with Crippen molar-refractivity contribution in [2.75, 3.05) is 13.2 Å². The van der Waals surface area contributed by atoms with Crippen LogP contribution in [0.25, 0.3) is 17.0 Å². The number of benzene rings is 2. The number of piperidine rings is 1. The summed E-state index contributed by atoms with van der Waals surface area (Å²) in [4.78, 5) is 33.5. The highest BCUT2D eigenvalue weighted by atomic mass is 32.2. The van der Waals surface area contributed by atoms with Gasteiger partial charge in [0.15, 0.2) is 0 Å². The number of aromatic nitrogens is 1. The molecular weight excluding hydrogens is 534 g/mol. The molecule has 1 atom stereocenters. The van der Waals surface area contributed by atoms with Crippen LogP contribution in [0.5, 0.6) is 0 Å². The number of aryl methyl sites for hydroxylation is 2. The maximum Gasteiger partial charge on any atom is 0.344 e. The van der Waals surface area contributed by atoms with E-state index in [9.17, 15) is 14.7 Å². The first-order valence-corrected chi connectivity index (χ1v) is 15.2. The predicted octanol–water partition coefficient (Wildman–Crippen LogP) is 7.11. The highest BCUT2D eigenvalue weighted by Gasteiger charge is 2.33. The van der Waals surface area contributed by atoms with E-state index in [1.165, 1.54) is 11.8 Å². The van der Waals surface area contributed by atoms with Gasteiger partial charge in [-0.3, -0.25) is 4.79 Å². The Balaban J connectivity index is 1.56. The second-order valence-electron chi connectivity index (χ2n) is 10.6. The lowest BCUT2D eigenvalue weighted by molar-refractivity contribution is -0.138. The van der Waals surface area contributed by atoms with Gasteiger partial charge in [0.25, 0.3) is 0 Å². The molecule has 214 valence electrons. The standard InChI is InChI=1S/C33H37N3O4S/c1-5-23-11-9-12-26-24(19-35(30(23)26)20-28(37)36-17-8-7-10-22(36)4)18-27-31(38)29(33(39)40-6-2)32(41-27)34-25-15-13-21(3)14-16-25/h9,11-16,18-19,22,38H,5-8,10,17,20H2,1-4H3/b27-18-,34-32?/t22-/m0/s1. The number of hydrogen-bond acceptors (Lipinski definition) is 6. The fraction of sp³-hybridized carbons (Fsp3) is 0.364. The third kappa shape index (κ3) is 5.98. The molecule has 7 nitrogen and oxygen atoms in total. The van der Waals surface area contributed by atoms with E-state index in [1.807, 2.05) is 65.1 Å². The summed E-state index contributed by atoms with van der Waals surface area (Å²) >= 11 is 1.24. The number of carbonyl (C=O) groups is 2. The zero-order chi connectivity index (χ0) is 29.1. The van der Waals surface area contributed by atoms with Gasteiger partial charge in [-0.15, -0.1) is 0 Å². The average molecular weight is 572 g/mol. The van der Waals surface area contributed by atoms with E-state index in [0.717, 1.165) is 59.8 Å². The molecule has 2 aliphatic rings. The molecule has 1 amide bonds. The number of amides is 1. The zero-order valence-corrected chi connectivity index (χ0v) is 25.0. The molecule has 3 aromatic rings. The van der Waals surface area contributed by atoms with Gasteiger partial charge in [0.05, 0.1) is 22.7 Å². The molecule has 1 N–H and O–H groups in total. The Bertz CT molecular complexity index is 1570. The lowest BCUT2D eigenvalue weighted by Crippen LogP contribution is -2.43. The van der Waals surface area contributed by atoms with Crippen molar-refractivity contribution in [1.82, 2.24) is 9.47 Å². The predicted molar refractivity (Wildman–Crippen MR) is 166 cm³/mol. The molecule has 0 spiro atoms. The smallest absolute Gasteiger partial charge is 0.344 e. The average Bonchev–Trinajstić information content (AvgIpc) is 3.46. The molecule has 1 fully saturated rings. The van der Waals surface area contributed by atoms with Crippen molar-refractivity contribution in [3.63, 3.8) is 0 Å². The minimum atomic E-state index is -0.608. The van der Waals surface area contributed by atoms with Gasteiger partial charge >= 0.3 is 5.97 Å². The quantitative estimate of drug-likeness (QED) is 0.306. The second-order valence-corrected chi connectivity index (χ2v) is 11.6. The van der Waals surface area contributed by atoms with Crippen molar-refractivity contribution in [2.24, 2.45) is 4.99 Å². The van der Waals surface area contributed by atoms with E-state index in [4.69, 9.17) is 4.74 Å². The van der Waals surface area contributed by atoms with E-state index in [0.29, 0.717) is 15.6 Å². The molecule has 8 heteroatoms. The first-order valence-electron chi connectivity index (χ1n) is 14.4. The van der Waals surface area contributed by atoms with Crippen LogP contribution >= 0.6 is 11.8 Å². The summed E-state index contributed by atoms with van der Waals surface area (Å²) in [7, 11) is 0. The molecule has 3 heterocycles. The van der Waals surface area contributed by atoms with Crippen LogP contribution in [-0.2, 0) is 27.3 Å². The van der Waals surface area contributed by atoms with Crippen LogP contribution in [-0.4, -0.2) is 50.7 Å². The molecule has 1 aromatic heterocycles. The van der Waals surface area contributed by atoms with Gasteiger partial charge in [0, 0.05) is 29.7 Å². The van der Waals surface area contributed by atoms with Crippen molar-refractivity contribution in [1.29, 1.82) is 0 Å². The molecule has 2 aromatic carbocycles. The number of esters is 1. The third-order valence-corrected chi connectivity index (χ3v) is 8.76. The summed E-state index contributed by atoms with van der Waals surface area (Å²) in [5.41, 5.74) is 4.89. The van der Waals surface area contributed by atoms with Gasteiger partial charge in [-0.1, -0.05) is 54.6 Å². The fourth-order valence-corrected chi connectivity index (χ4v) is 6.59. The Labute approximate surface area is 245 Å². The molecule has 2 aliphatic heterocycles. The third-order valence-electron chi connectivity index (χ3n) is 7.74. The number of ether oxygens (including phenoxy) is 1. The Morgan fingerprint density at radius 1 is 1.15 bits per heavy atom. The molecule has 0 unspecified atom stereocenters. The summed E-state index contributed by atoms with van der Waals surface area (Å²) in [6, 6.07) is 14.1. The van der Waals surface area contributed by atoms with Crippen molar-refractivity contribution in [2.45, 2.75) is 66.0 Å². The van der Waals surface area contributed by atoms with Crippen molar-refractivity contribution < 1.29 is 19.4 Å². The van der Waals surface area contributed by atoms with Gasteiger partial charge in [-0.05, 0) is 70.2 Å². The maximum absolute atomic E-state index is 13.4. The number of para-hydroxylation sites is 1. The monoisotopic (exact) mass is 571 g/mol. The lowest BCUT2D eigenvalue weighted by Gasteiger charge is -2.33. The molecule has 0 saturated carbocycles. The molecule has 1 saturated heterocycles. The van der Waals surface area contributed by atoms with E-state index < -0.39 is 5.97 Å². The molecule has 0 aliphatic carbocycles. The normalized spacial score (nSPS) is 19.5. The Hall–Kier alpha value is -3.78. The summed E-state index contributed by atoms with van der Waals surface area (Å²) in [6.07, 6.45) is 7.92. The molecule has 0 bridgehead atoms. The van der Waals surface area contributed by atoms with E-state index in [-0.39, 0.29) is 36.4 Å². The van der Waals surface area contributed by atoms with Crippen LogP contribution in [0.3, 0.4) is 0 Å². The second kappa shape index (κ2) is 12.4. The number of rotatable bonds is 7. The van der Waals surface area contributed by atoms with Gasteiger partial charge < -0.3 is 19.3 Å². The van der Waals surface area contributed by atoms with Gasteiger partial charge in [-0.25, -0.2) is 9.79 Å². The fourth-order valence-electron chi connectivity index (χ4n) is 5.57. The zero-order valence-electron chi connectivity index (χ0n) is 24.1. The van der Waals surface area contributed by atoms with Crippen LogP contribution in [0.4, 0.5) is 5.69 Å². The minimum Gasteiger partial charge on any atom is -0.506 e. The number of thioether (sulfide) groups is 1. The number of aliphatic hydroxyl groups is 1.